The summed E-state index contributed by atoms with van der Waals surface area (Å²) in [4.78, 5) is 4.14. The SMILES string of the molecule is Cc1nc(Sc2ccc3nnc(C(F)(F)F)n3n2)oc1C. The third-order valence-corrected chi connectivity index (χ3v) is 3.47. The molecule has 0 aliphatic heterocycles. The van der Waals surface area contributed by atoms with Gasteiger partial charge in [-0.2, -0.15) is 22.8 Å². The highest BCUT2D eigenvalue weighted by molar-refractivity contribution is 7.99. The van der Waals surface area contributed by atoms with Crippen molar-refractivity contribution in [3.05, 3.63) is 29.4 Å². The number of hydrogen-bond donors (Lipinski definition) is 0. The number of hydrogen-bond acceptors (Lipinski definition) is 6. The van der Waals surface area contributed by atoms with Crippen molar-refractivity contribution in [2.24, 2.45) is 0 Å². The van der Waals surface area contributed by atoms with Crippen LogP contribution in [0.2, 0.25) is 0 Å². The van der Waals surface area contributed by atoms with Gasteiger partial charge in [-0.15, -0.1) is 10.2 Å². The molecule has 6 nitrogen and oxygen atoms in total. The number of halogens is 3. The second-order valence-electron chi connectivity index (χ2n) is 4.19. The van der Waals surface area contributed by atoms with Crippen molar-refractivity contribution in [1.82, 2.24) is 24.8 Å². The van der Waals surface area contributed by atoms with E-state index in [-0.39, 0.29) is 5.65 Å². The maximum Gasteiger partial charge on any atom is 0.453 e. The molecule has 0 aromatic carbocycles. The molecule has 3 heterocycles. The highest BCUT2D eigenvalue weighted by Crippen LogP contribution is 2.30. The Balaban J connectivity index is 2.00. The van der Waals surface area contributed by atoms with Gasteiger partial charge in [-0.3, -0.25) is 0 Å². The lowest BCUT2D eigenvalue weighted by atomic mass is 10.4. The van der Waals surface area contributed by atoms with Crippen LogP contribution >= 0.6 is 11.8 Å². The zero-order valence-corrected chi connectivity index (χ0v) is 11.7. The molecule has 0 unspecified atom stereocenters. The summed E-state index contributed by atoms with van der Waals surface area (Å²) >= 11 is 1.03. The van der Waals surface area contributed by atoms with Crippen LogP contribution in [0.4, 0.5) is 13.2 Å². The summed E-state index contributed by atoms with van der Waals surface area (Å²) in [7, 11) is 0. The van der Waals surface area contributed by atoms with Crippen molar-refractivity contribution < 1.29 is 17.6 Å². The molecule has 3 aromatic rings. The number of fused-ring (bicyclic) bond motifs is 1. The number of aromatic nitrogens is 5. The van der Waals surface area contributed by atoms with Crippen LogP contribution in [0.3, 0.4) is 0 Å². The number of nitrogens with zero attached hydrogens (tertiary/aromatic N) is 5. The number of alkyl halides is 3. The van der Waals surface area contributed by atoms with Crippen molar-refractivity contribution >= 4 is 17.4 Å². The molecule has 0 fully saturated rings. The minimum atomic E-state index is -4.62. The van der Waals surface area contributed by atoms with Gasteiger partial charge < -0.3 is 4.42 Å². The molecule has 0 radical (unpaired) electrons. The molecule has 21 heavy (non-hydrogen) atoms. The molecule has 0 atom stereocenters. The fourth-order valence-electron chi connectivity index (χ4n) is 1.58. The average molecular weight is 315 g/mol. The van der Waals surface area contributed by atoms with Crippen LogP contribution in [-0.2, 0) is 6.18 Å². The molecule has 0 aliphatic carbocycles. The van der Waals surface area contributed by atoms with Crippen LogP contribution in [0.25, 0.3) is 5.65 Å². The first-order valence-electron chi connectivity index (χ1n) is 5.76. The van der Waals surface area contributed by atoms with Crippen molar-refractivity contribution in [2.45, 2.75) is 30.3 Å². The largest absolute Gasteiger partial charge is 0.453 e. The first-order valence-corrected chi connectivity index (χ1v) is 6.58. The van der Waals surface area contributed by atoms with E-state index in [2.05, 4.69) is 20.3 Å². The second-order valence-corrected chi connectivity index (χ2v) is 5.16. The van der Waals surface area contributed by atoms with Gasteiger partial charge in [-0.25, -0.2) is 4.98 Å². The Morgan fingerprint density at radius 1 is 1.19 bits per heavy atom. The maximum absolute atomic E-state index is 12.8. The lowest BCUT2D eigenvalue weighted by molar-refractivity contribution is -0.146. The first kappa shape index (κ1) is 13.9. The van der Waals surface area contributed by atoms with Crippen LogP contribution in [0, 0.1) is 13.8 Å². The van der Waals surface area contributed by atoms with Crippen molar-refractivity contribution in [3.8, 4) is 0 Å². The van der Waals surface area contributed by atoms with Gasteiger partial charge in [0.05, 0.1) is 5.69 Å². The normalized spacial score (nSPS) is 12.2. The topological polar surface area (TPSA) is 69.1 Å². The van der Waals surface area contributed by atoms with Crippen molar-refractivity contribution in [2.75, 3.05) is 0 Å². The highest BCUT2D eigenvalue weighted by atomic mass is 32.2. The third kappa shape index (κ3) is 2.58. The molecule has 10 heteroatoms. The second kappa shape index (κ2) is 4.72. The molecule has 0 N–H and O–H groups in total. The summed E-state index contributed by atoms with van der Waals surface area (Å²) < 4.78 is 44.3. The zero-order chi connectivity index (χ0) is 15.2. The number of rotatable bonds is 2. The zero-order valence-electron chi connectivity index (χ0n) is 10.8. The quantitative estimate of drug-likeness (QED) is 0.724. The Kier molecular flexibility index (Phi) is 3.12. The molecule has 0 aliphatic rings. The Morgan fingerprint density at radius 3 is 2.57 bits per heavy atom. The Labute approximate surface area is 120 Å². The molecule has 0 bridgehead atoms. The first-order chi connectivity index (χ1) is 9.84. The molecule has 110 valence electrons. The van der Waals surface area contributed by atoms with E-state index in [0.717, 1.165) is 17.5 Å². The molecular weight excluding hydrogens is 307 g/mol. The van der Waals surface area contributed by atoms with Crippen molar-refractivity contribution in [1.29, 1.82) is 0 Å². The van der Waals surface area contributed by atoms with E-state index in [9.17, 15) is 13.2 Å². The van der Waals surface area contributed by atoms with Gasteiger partial charge in [0.2, 0.25) is 0 Å². The van der Waals surface area contributed by atoms with Crippen molar-refractivity contribution in [3.63, 3.8) is 0 Å². The average Bonchev–Trinajstić information content (AvgIpc) is 2.93. The minimum Gasteiger partial charge on any atom is -0.436 e. The van der Waals surface area contributed by atoms with E-state index in [1.807, 2.05) is 0 Å². The lowest BCUT2D eigenvalue weighted by Crippen LogP contribution is -2.12. The molecule has 0 saturated carbocycles. The van der Waals surface area contributed by atoms with Gasteiger partial charge in [0.15, 0.2) is 5.65 Å². The van der Waals surface area contributed by atoms with E-state index < -0.39 is 12.0 Å². The predicted molar refractivity (Wildman–Crippen MR) is 65.9 cm³/mol. The molecule has 3 rings (SSSR count). The smallest absolute Gasteiger partial charge is 0.436 e. The van der Waals surface area contributed by atoms with E-state index in [0.29, 0.717) is 20.5 Å². The molecular formula is C11H8F3N5OS. The molecule has 0 spiro atoms. The third-order valence-electron chi connectivity index (χ3n) is 2.69. The Hall–Kier alpha value is -2.10. The molecule has 3 aromatic heterocycles. The molecule has 0 amide bonds. The van der Waals surface area contributed by atoms with Crippen LogP contribution in [0.1, 0.15) is 17.3 Å². The van der Waals surface area contributed by atoms with Gasteiger partial charge in [0.1, 0.15) is 10.8 Å². The number of oxazole rings is 1. The summed E-state index contributed by atoms with van der Waals surface area (Å²) in [6, 6.07) is 2.93. The highest BCUT2D eigenvalue weighted by Gasteiger charge is 2.37. The standard InChI is InChI=1S/C11H8F3N5OS/c1-5-6(2)20-10(15-5)21-8-4-3-7-16-17-9(11(12,13)14)19(7)18-8/h3-4H,1-2H3. The lowest BCUT2D eigenvalue weighted by Gasteiger charge is -2.03. The Morgan fingerprint density at radius 2 is 1.95 bits per heavy atom. The van der Waals surface area contributed by atoms with Crippen LogP contribution in [0.15, 0.2) is 26.8 Å². The molecule has 0 saturated heterocycles. The number of aryl methyl sites for hydroxylation is 2. The van der Waals surface area contributed by atoms with Gasteiger partial charge in [0.25, 0.3) is 11.0 Å². The fraction of sp³-hybridized carbons (Fsp3) is 0.273. The van der Waals surface area contributed by atoms with Gasteiger partial charge >= 0.3 is 6.18 Å². The predicted octanol–water partition coefficient (Wildman–Crippen LogP) is 2.90. The van der Waals surface area contributed by atoms with E-state index in [1.165, 1.54) is 12.1 Å². The maximum atomic E-state index is 12.8. The van der Waals surface area contributed by atoms with E-state index >= 15 is 0 Å². The summed E-state index contributed by atoms with van der Waals surface area (Å²) in [5.74, 6) is -0.515. The Bertz CT molecular complexity index is 790. The van der Waals surface area contributed by atoms with E-state index in [1.54, 1.807) is 13.8 Å². The summed E-state index contributed by atoms with van der Waals surface area (Å²) in [6.07, 6.45) is -4.62. The van der Waals surface area contributed by atoms with Gasteiger partial charge in [-0.05, 0) is 37.7 Å². The summed E-state index contributed by atoms with van der Waals surface area (Å²) in [6.45, 7) is 3.53. The summed E-state index contributed by atoms with van der Waals surface area (Å²) in [5, 5.41) is 11.0. The summed E-state index contributed by atoms with van der Waals surface area (Å²) in [5.41, 5.74) is 0.741. The van der Waals surface area contributed by atoms with Gasteiger partial charge in [-0.1, -0.05) is 0 Å². The monoisotopic (exact) mass is 315 g/mol. The van der Waals surface area contributed by atoms with E-state index in [4.69, 9.17) is 4.42 Å². The van der Waals surface area contributed by atoms with Crippen LogP contribution < -0.4 is 0 Å². The van der Waals surface area contributed by atoms with Gasteiger partial charge in [0, 0.05) is 0 Å². The fourth-order valence-corrected chi connectivity index (χ4v) is 2.37. The minimum absolute atomic E-state index is 0.0199. The van der Waals surface area contributed by atoms with Crippen LogP contribution in [0.5, 0.6) is 0 Å². The van der Waals surface area contributed by atoms with Crippen LogP contribution in [-0.4, -0.2) is 24.8 Å².